The van der Waals surface area contributed by atoms with E-state index in [1.54, 1.807) is 20.8 Å². The Kier molecular flexibility index (Phi) is 7.95. The number of allylic oxidation sites excluding steroid dienone is 1. The van der Waals surface area contributed by atoms with Crippen molar-refractivity contribution in [2.45, 2.75) is 52.9 Å². The number of carbonyl (C=O) groups excluding carboxylic acids is 2. The van der Waals surface area contributed by atoms with Crippen LogP contribution in [-0.2, 0) is 16.1 Å². The lowest BCUT2D eigenvalue weighted by atomic mass is 9.93. The molecule has 0 bridgehead atoms. The van der Waals surface area contributed by atoms with Crippen molar-refractivity contribution in [3.8, 4) is 11.5 Å². The monoisotopic (exact) mass is 483 g/mol. The van der Waals surface area contributed by atoms with Crippen LogP contribution in [0.2, 0.25) is 0 Å². The zero-order valence-electron chi connectivity index (χ0n) is 20.3. The van der Waals surface area contributed by atoms with E-state index in [1.807, 2.05) is 31.2 Å². The number of hydrogen-bond acceptors (Lipinski definition) is 7. The first-order valence-electron chi connectivity index (χ1n) is 11.2. The highest BCUT2D eigenvalue weighted by molar-refractivity contribution is 5.95. The number of carbonyl (C=O) groups is 2. The number of urea groups is 1. The van der Waals surface area contributed by atoms with E-state index in [0.717, 1.165) is 11.1 Å². The van der Waals surface area contributed by atoms with Gasteiger partial charge in [0.1, 0.15) is 6.61 Å². The average Bonchev–Trinajstić information content (AvgIpc) is 2.80. The number of methoxy groups -OCH3 is 1. The molecule has 0 fully saturated rings. The molecule has 0 aliphatic carbocycles. The van der Waals surface area contributed by atoms with Crippen molar-refractivity contribution in [3.63, 3.8) is 0 Å². The molecule has 2 N–H and O–H groups in total. The van der Waals surface area contributed by atoms with Crippen LogP contribution in [0.1, 0.15) is 49.9 Å². The van der Waals surface area contributed by atoms with Gasteiger partial charge in [-0.05, 0) is 44.4 Å². The second-order valence-electron chi connectivity index (χ2n) is 8.34. The predicted molar refractivity (Wildman–Crippen MR) is 128 cm³/mol. The Morgan fingerprint density at radius 1 is 1.23 bits per heavy atom. The van der Waals surface area contributed by atoms with Crippen LogP contribution in [0.5, 0.6) is 11.5 Å². The number of amides is 2. The molecular formula is C25H29N3O7. The molecule has 1 atom stereocenters. The summed E-state index contributed by atoms with van der Waals surface area (Å²) in [6.45, 7) is 7.24. The summed E-state index contributed by atoms with van der Waals surface area (Å²) in [7, 11) is 1.37. The standard InChI is InChI=1S/C25H29N3O7/c1-6-18-21(24(29)35-14(2)3)22(27-25(30)26-18)17-11-19(28(31)32)23(20(12-17)33-5)34-13-16-9-7-8-15(4)10-16/h7-12,14,22H,6,13H2,1-5H3,(H2,26,27,30). The summed E-state index contributed by atoms with van der Waals surface area (Å²) in [5, 5.41) is 17.3. The van der Waals surface area contributed by atoms with Gasteiger partial charge in [-0.25, -0.2) is 9.59 Å². The first-order chi connectivity index (χ1) is 16.6. The molecule has 2 aromatic rings. The molecule has 0 saturated heterocycles. The molecule has 10 heteroatoms. The van der Waals surface area contributed by atoms with Crippen LogP contribution in [0, 0.1) is 17.0 Å². The highest BCUT2D eigenvalue weighted by Crippen LogP contribution is 2.42. The number of ether oxygens (including phenoxy) is 3. The second-order valence-corrected chi connectivity index (χ2v) is 8.34. The fourth-order valence-electron chi connectivity index (χ4n) is 3.83. The van der Waals surface area contributed by atoms with E-state index >= 15 is 0 Å². The Bertz CT molecular complexity index is 1170. The minimum atomic E-state index is -0.983. The van der Waals surface area contributed by atoms with Gasteiger partial charge in [-0.3, -0.25) is 10.1 Å². The van der Waals surface area contributed by atoms with E-state index in [4.69, 9.17) is 14.2 Å². The quantitative estimate of drug-likeness (QED) is 0.306. The normalized spacial score (nSPS) is 15.4. The molecule has 0 spiro atoms. The third-order valence-electron chi connectivity index (χ3n) is 5.34. The van der Waals surface area contributed by atoms with Crippen LogP contribution in [0.15, 0.2) is 47.7 Å². The minimum Gasteiger partial charge on any atom is -0.493 e. The molecule has 186 valence electrons. The topological polar surface area (TPSA) is 129 Å². The summed E-state index contributed by atoms with van der Waals surface area (Å²) in [6.07, 6.45) is -0.0451. The maximum Gasteiger partial charge on any atom is 0.338 e. The van der Waals surface area contributed by atoms with Crippen LogP contribution in [-0.4, -0.2) is 30.1 Å². The Morgan fingerprint density at radius 3 is 2.57 bits per heavy atom. The van der Waals surface area contributed by atoms with Crippen molar-refractivity contribution in [2.75, 3.05) is 7.11 Å². The van der Waals surface area contributed by atoms with Crippen molar-refractivity contribution < 1.29 is 28.7 Å². The van der Waals surface area contributed by atoms with E-state index in [1.165, 1.54) is 19.2 Å². The molecule has 35 heavy (non-hydrogen) atoms. The third-order valence-corrected chi connectivity index (χ3v) is 5.34. The number of aryl methyl sites for hydroxylation is 1. The summed E-state index contributed by atoms with van der Waals surface area (Å²) in [5.41, 5.74) is 2.35. The van der Waals surface area contributed by atoms with Gasteiger partial charge in [-0.1, -0.05) is 36.8 Å². The lowest BCUT2D eigenvalue weighted by molar-refractivity contribution is -0.386. The number of nitrogens with one attached hydrogen (secondary N) is 2. The number of nitrogens with zero attached hydrogens (tertiary/aromatic N) is 1. The first-order valence-corrected chi connectivity index (χ1v) is 11.2. The largest absolute Gasteiger partial charge is 0.493 e. The van der Waals surface area contributed by atoms with Crippen molar-refractivity contribution in [2.24, 2.45) is 0 Å². The van der Waals surface area contributed by atoms with Gasteiger partial charge in [0, 0.05) is 11.8 Å². The zero-order valence-corrected chi connectivity index (χ0v) is 20.3. The van der Waals surface area contributed by atoms with Crippen LogP contribution in [0.4, 0.5) is 10.5 Å². The van der Waals surface area contributed by atoms with Crippen molar-refractivity contribution >= 4 is 17.7 Å². The summed E-state index contributed by atoms with van der Waals surface area (Å²) >= 11 is 0. The fourth-order valence-corrected chi connectivity index (χ4v) is 3.83. The van der Waals surface area contributed by atoms with Gasteiger partial charge < -0.3 is 24.8 Å². The van der Waals surface area contributed by atoms with Gasteiger partial charge >= 0.3 is 17.7 Å². The Hall–Kier alpha value is -4.08. The molecule has 3 rings (SSSR count). The van der Waals surface area contributed by atoms with Crippen molar-refractivity contribution in [1.29, 1.82) is 0 Å². The number of nitro groups is 1. The number of benzene rings is 2. The molecule has 0 radical (unpaired) electrons. The summed E-state index contributed by atoms with van der Waals surface area (Å²) in [4.78, 5) is 36.7. The van der Waals surface area contributed by atoms with E-state index in [2.05, 4.69) is 10.6 Å². The highest BCUT2D eigenvalue weighted by atomic mass is 16.6. The number of hydrogen-bond donors (Lipinski definition) is 2. The molecule has 1 aliphatic heterocycles. The molecule has 1 heterocycles. The van der Waals surface area contributed by atoms with Gasteiger partial charge in [0.15, 0.2) is 5.75 Å². The zero-order chi connectivity index (χ0) is 25.7. The molecular weight excluding hydrogens is 454 g/mol. The van der Waals surface area contributed by atoms with Gasteiger partial charge in [-0.2, -0.15) is 0 Å². The summed E-state index contributed by atoms with van der Waals surface area (Å²) in [6, 6.07) is 8.87. The second kappa shape index (κ2) is 10.9. The first kappa shape index (κ1) is 25.5. The molecule has 10 nitrogen and oxygen atoms in total. The smallest absolute Gasteiger partial charge is 0.338 e. The van der Waals surface area contributed by atoms with Crippen LogP contribution < -0.4 is 20.1 Å². The lowest BCUT2D eigenvalue weighted by Gasteiger charge is -2.29. The van der Waals surface area contributed by atoms with Crippen LogP contribution >= 0.6 is 0 Å². The third kappa shape index (κ3) is 5.89. The number of rotatable bonds is 9. The lowest BCUT2D eigenvalue weighted by Crippen LogP contribution is -2.46. The molecule has 2 aromatic carbocycles. The highest BCUT2D eigenvalue weighted by Gasteiger charge is 2.36. The Balaban J connectivity index is 2.08. The van der Waals surface area contributed by atoms with Crippen LogP contribution in [0.25, 0.3) is 0 Å². The van der Waals surface area contributed by atoms with Crippen molar-refractivity contribution in [3.05, 3.63) is 74.5 Å². The molecule has 2 amide bonds. The molecule has 0 aromatic heterocycles. The molecule has 0 saturated carbocycles. The Labute approximate surface area is 203 Å². The van der Waals surface area contributed by atoms with Gasteiger partial charge in [0.25, 0.3) is 0 Å². The minimum absolute atomic E-state index is 0.0472. The predicted octanol–water partition coefficient (Wildman–Crippen LogP) is 4.46. The maximum atomic E-state index is 12.9. The average molecular weight is 484 g/mol. The number of nitro benzene ring substituents is 1. The van der Waals surface area contributed by atoms with Crippen LogP contribution in [0.3, 0.4) is 0 Å². The van der Waals surface area contributed by atoms with E-state index in [0.29, 0.717) is 12.1 Å². The molecule has 1 aliphatic rings. The maximum absolute atomic E-state index is 12.9. The Morgan fingerprint density at radius 2 is 1.97 bits per heavy atom. The summed E-state index contributed by atoms with van der Waals surface area (Å²) < 4.78 is 16.6. The fraction of sp³-hybridized carbons (Fsp3) is 0.360. The van der Waals surface area contributed by atoms with E-state index in [-0.39, 0.29) is 34.9 Å². The van der Waals surface area contributed by atoms with Crippen molar-refractivity contribution in [1.82, 2.24) is 10.6 Å². The van der Waals surface area contributed by atoms with E-state index in [9.17, 15) is 19.7 Å². The van der Waals surface area contributed by atoms with E-state index < -0.39 is 29.1 Å². The van der Waals surface area contributed by atoms with Gasteiger partial charge in [0.2, 0.25) is 5.75 Å². The SMILES string of the molecule is CCC1=C(C(=O)OC(C)C)C(c2cc(OC)c(OCc3cccc(C)c3)c([N+](=O)[O-])c2)NC(=O)N1. The molecule has 1 unspecified atom stereocenters. The number of esters is 1. The van der Waals surface area contributed by atoms with Gasteiger partial charge in [-0.15, -0.1) is 0 Å². The van der Waals surface area contributed by atoms with Gasteiger partial charge in [0.05, 0.1) is 29.8 Å². The summed E-state index contributed by atoms with van der Waals surface area (Å²) in [5.74, 6) is -0.575.